The molecule has 0 saturated heterocycles. The van der Waals surface area contributed by atoms with Crippen molar-refractivity contribution in [2.45, 2.75) is 19.4 Å². The van der Waals surface area contributed by atoms with Crippen molar-refractivity contribution in [2.75, 3.05) is 5.73 Å². The molecule has 0 atom stereocenters. The van der Waals surface area contributed by atoms with Gasteiger partial charge >= 0.3 is 0 Å². The molecular weight excluding hydrogens is 272 g/mol. The van der Waals surface area contributed by atoms with Gasteiger partial charge in [-0.05, 0) is 30.5 Å². The van der Waals surface area contributed by atoms with Gasteiger partial charge in [0.2, 0.25) is 5.95 Å². The van der Waals surface area contributed by atoms with Gasteiger partial charge in [-0.1, -0.05) is 30.3 Å². The van der Waals surface area contributed by atoms with E-state index in [0.717, 1.165) is 18.9 Å². The maximum absolute atomic E-state index is 13.9. The highest BCUT2D eigenvalue weighted by molar-refractivity contribution is 5.79. The van der Waals surface area contributed by atoms with Crippen LogP contribution in [0.4, 0.5) is 14.7 Å². The molecule has 108 valence electrons. The summed E-state index contributed by atoms with van der Waals surface area (Å²) in [6.45, 7) is 0.498. The largest absolute Gasteiger partial charge is 0.369 e. The lowest BCUT2D eigenvalue weighted by molar-refractivity contribution is 0.510. The van der Waals surface area contributed by atoms with Crippen LogP contribution < -0.4 is 5.73 Å². The zero-order valence-corrected chi connectivity index (χ0v) is 11.4. The molecule has 2 aromatic carbocycles. The molecule has 1 heterocycles. The van der Waals surface area contributed by atoms with E-state index in [9.17, 15) is 8.78 Å². The zero-order chi connectivity index (χ0) is 14.8. The van der Waals surface area contributed by atoms with Gasteiger partial charge in [0, 0.05) is 6.54 Å². The Labute approximate surface area is 121 Å². The lowest BCUT2D eigenvalue weighted by Gasteiger charge is -2.07. The highest BCUT2D eigenvalue weighted by atomic mass is 19.2. The molecule has 3 rings (SSSR count). The third-order valence-corrected chi connectivity index (χ3v) is 3.52. The maximum Gasteiger partial charge on any atom is 0.201 e. The predicted octanol–water partition coefficient (Wildman–Crippen LogP) is 3.53. The number of imidazole rings is 1. The molecular formula is C16H15F2N3. The minimum Gasteiger partial charge on any atom is -0.369 e. The number of aromatic nitrogens is 2. The van der Waals surface area contributed by atoms with E-state index < -0.39 is 11.6 Å². The van der Waals surface area contributed by atoms with Gasteiger partial charge in [-0.15, -0.1) is 0 Å². The first-order valence-corrected chi connectivity index (χ1v) is 6.80. The van der Waals surface area contributed by atoms with Crippen LogP contribution in [0.2, 0.25) is 0 Å². The Morgan fingerprint density at radius 3 is 2.57 bits per heavy atom. The molecule has 0 aliphatic carbocycles. The van der Waals surface area contributed by atoms with Crippen molar-refractivity contribution < 1.29 is 8.78 Å². The van der Waals surface area contributed by atoms with Crippen molar-refractivity contribution in [1.29, 1.82) is 0 Å². The van der Waals surface area contributed by atoms with Crippen molar-refractivity contribution in [3.05, 3.63) is 59.7 Å². The number of anilines is 1. The van der Waals surface area contributed by atoms with Crippen LogP contribution in [0.3, 0.4) is 0 Å². The minimum absolute atomic E-state index is 0.139. The first kappa shape index (κ1) is 13.5. The van der Waals surface area contributed by atoms with Gasteiger partial charge in [0.1, 0.15) is 5.52 Å². The Bertz CT molecular complexity index is 766. The second-order valence-corrected chi connectivity index (χ2v) is 4.94. The second-order valence-electron chi connectivity index (χ2n) is 4.94. The smallest absolute Gasteiger partial charge is 0.201 e. The molecule has 0 aliphatic heterocycles. The van der Waals surface area contributed by atoms with E-state index >= 15 is 0 Å². The monoisotopic (exact) mass is 287 g/mol. The normalized spacial score (nSPS) is 11.1. The Balaban J connectivity index is 1.84. The SMILES string of the molecule is Nc1nc2ccc(F)c(F)c2n1CCCc1ccccc1. The van der Waals surface area contributed by atoms with E-state index in [1.165, 1.54) is 16.2 Å². The summed E-state index contributed by atoms with van der Waals surface area (Å²) in [5, 5.41) is 0. The quantitative estimate of drug-likeness (QED) is 0.797. The molecule has 3 nitrogen and oxygen atoms in total. The van der Waals surface area contributed by atoms with Crippen LogP contribution in [0.5, 0.6) is 0 Å². The van der Waals surface area contributed by atoms with E-state index in [1.54, 1.807) is 0 Å². The van der Waals surface area contributed by atoms with Crippen LogP contribution in [0.15, 0.2) is 42.5 Å². The highest BCUT2D eigenvalue weighted by Crippen LogP contribution is 2.23. The van der Waals surface area contributed by atoms with Crippen LogP contribution in [0.1, 0.15) is 12.0 Å². The predicted molar refractivity (Wildman–Crippen MR) is 78.8 cm³/mol. The lowest BCUT2D eigenvalue weighted by atomic mass is 10.1. The fraction of sp³-hybridized carbons (Fsp3) is 0.188. The number of rotatable bonds is 4. The van der Waals surface area contributed by atoms with Crippen LogP contribution in [0, 0.1) is 11.6 Å². The number of benzene rings is 2. The highest BCUT2D eigenvalue weighted by Gasteiger charge is 2.15. The molecule has 0 bridgehead atoms. The first-order chi connectivity index (χ1) is 10.2. The van der Waals surface area contributed by atoms with Gasteiger partial charge in [0.25, 0.3) is 0 Å². The number of nitrogen functional groups attached to an aromatic ring is 1. The van der Waals surface area contributed by atoms with Crippen molar-refractivity contribution >= 4 is 17.0 Å². The molecule has 3 aromatic rings. The van der Waals surface area contributed by atoms with Crippen LogP contribution in [0.25, 0.3) is 11.0 Å². The number of nitrogens with two attached hydrogens (primary N) is 1. The van der Waals surface area contributed by atoms with E-state index in [-0.39, 0.29) is 11.5 Å². The molecule has 21 heavy (non-hydrogen) atoms. The summed E-state index contributed by atoms with van der Waals surface area (Å²) in [5.74, 6) is -1.56. The van der Waals surface area contributed by atoms with Crippen LogP contribution in [-0.2, 0) is 13.0 Å². The average Bonchev–Trinajstić information content (AvgIpc) is 2.81. The van der Waals surface area contributed by atoms with Gasteiger partial charge in [-0.3, -0.25) is 0 Å². The van der Waals surface area contributed by atoms with Gasteiger partial charge in [-0.2, -0.15) is 0 Å². The first-order valence-electron chi connectivity index (χ1n) is 6.80. The summed E-state index contributed by atoms with van der Waals surface area (Å²) in [6.07, 6.45) is 1.62. The van der Waals surface area contributed by atoms with E-state index in [0.29, 0.717) is 12.1 Å². The fourth-order valence-electron chi connectivity index (χ4n) is 2.49. The Morgan fingerprint density at radius 2 is 1.81 bits per heavy atom. The Kier molecular flexibility index (Phi) is 3.56. The molecule has 2 N–H and O–H groups in total. The van der Waals surface area contributed by atoms with Crippen molar-refractivity contribution in [3.8, 4) is 0 Å². The van der Waals surface area contributed by atoms with Crippen molar-refractivity contribution in [1.82, 2.24) is 9.55 Å². The molecule has 0 saturated carbocycles. The number of aryl methyl sites for hydroxylation is 2. The van der Waals surface area contributed by atoms with Gasteiger partial charge in [-0.25, -0.2) is 13.8 Å². The third-order valence-electron chi connectivity index (χ3n) is 3.52. The third kappa shape index (κ3) is 2.59. The van der Waals surface area contributed by atoms with E-state index in [1.807, 2.05) is 30.3 Å². The molecule has 0 spiro atoms. The Morgan fingerprint density at radius 1 is 1.05 bits per heavy atom. The number of hydrogen-bond donors (Lipinski definition) is 1. The van der Waals surface area contributed by atoms with Gasteiger partial charge in [0.15, 0.2) is 11.6 Å². The summed E-state index contributed by atoms with van der Waals surface area (Å²) in [4.78, 5) is 4.07. The summed E-state index contributed by atoms with van der Waals surface area (Å²) >= 11 is 0. The summed E-state index contributed by atoms with van der Waals surface area (Å²) in [5.41, 5.74) is 7.54. The molecule has 0 unspecified atom stereocenters. The van der Waals surface area contributed by atoms with Crippen molar-refractivity contribution in [2.24, 2.45) is 0 Å². The summed E-state index contributed by atoms with van der Waals surface area (Å²) in [7, 11) is 0. The molecule has 0 amide bonds. The molecule has 0 aliphatic rings. The molecule has 5 heteroatoms. The minimum atomic E-state index is -0.892. The molecule has 0 fully saturated rings. The topological polar surface area (TPSA) is 43.8 Å². The number of halogens is 2. The molecule has 0 radical (unpaired) electrons. The van der Waals surface area contributed by atoms with Gasteiger partial charge < -0.3 is 10.3 Å². The maximum atomic E-state index is 13.9. The number of fused-ring (bicyclic) bond motifs is 1. The standard InChI is InChI=1S/C16H15F2N3/c17-12-8-9-13-15(14(12)18)21(16(19)20-13)10-4-7-11-5-2-1-3-6-11/h1-3,5-6,8-9H,4,7,10H2,(H2,19,20). The van der Waals surface area contributed by atoms with E-state index in [4.69, 9.17) is 5.73 Å². The van der Waals surface area contributed by atoms with Crippen molar-refractivity contribution in [3.63, 3.8) is 0 Å². The number of nitrogens with zero attached hydrogens (tertiary/aromatic N) is 2. The van der Waals surface area contributed by atoms with Crippen LogP contribution in [-0.4, -0.2) is 9.55 Å². The fourth-order valence-corrected chi connectivity index (χ4v) is 2.49. The van der Waals surface area contributed by atoms with E-state index in [2.05, 4.69) is 4.98 Å². The number of hydrogen-bond acceptors (Lipinski definition) is 2. The molecule has 1 aromatic heterocycles. The summed E-state index contributed by atoms with van der Waals surface area (Å²) in [6, 6.07) is 12.5. The summed E-state index contributed by atoms with van der Waals surface area (Å²) < 4.78 is 28.8. The second kappa shape index (κ2) is 5.52. The Hall–Kier alpha value is -2.43. The lowest BCUT2D eigenvalue weighted by Crippen LogP contribution is -2.05. The van der Waals surface area contributed by atoms with Crippen LogP contribution >= 0.6 is 0 Å². The zero-order valence-electron chi connectivity index (χ0n) is 11.4. The van der Waals surface area contributed by atoms with Gasteiger partial charge in [0.05, 0.1) is 5.52 Å². The average molecular weight is 287 g/mol.